The number of rotatable bonds is 9. The third kappa shape index (κ3) is 5.62. The summed E-state index contributed by atoms with van der Waals surface area (Å²) in [6, 6.07) is 8.47. The van der Waals surface area contributed by atoms with Gasteiger partial charge in [0.25, 0.3) is 5.91 Å². The fraction of sp³-hybridized carbons (Fsp3) is 0.429. The van der Waals surface area contributed by atoms with Gasteiger partial charge in [0.2, 0.25) is 0 Å². The lowest BCUT2D eigenvalue weighted by Gasteiger charge is -2.22. The highest BCUT2D eigenvalue weighted by Crippen LogP contribution is 2.48. The zero-order valence-electron chi connectivity index (χ0n) is 16.8. The van der Waals surface area contributed by atoms with Crippen molar-refractivity contribution in [1.82, 2.24) is 10.3 Å². The van der Waals surface area contributed by atoms with Gasteiger partial charge in [0.1, 0.15) is 22.6 Å². The lowest BCUT2D eigenvalue weighted by Crippen LogP contribution is -2.43. The van der Waals surface area contributed by atoms with Crippen LogP contribution in [0.3, 0.4) is 0 Å². The van der Waals surface area contributed by atoms with E-state index in [9.17, 15) is 31.5 Å². The maximum atomic E-state index is 13.1. The average molecular weight is 456 g/mol. The zero-order chi connectivity index (χ0) is 22.8. The van der Waals surface area contributed by atoms with Crippen LogP contribution in [0.25, 0.3) is 11.1 Å². The monoisotopic (exact) mass is 456 g/mol. The molecule has 0 aliphatic heterocycles. The number of sulfone groups is 1. The lowest BCUT2D eigenvalue weighted by atomic mass is 9.98. The van der Waals surface area contributed by atoms with Gasteiger partial charge in [-0.05, 0) is 30.0 Å². The molecule has 0 spiro atoms. The van der Waals surface area contributed by atoms with Crippen LogP contribution in [0.5, 0.6) is 0 Å². The zero-order valence-corrected chi connectivity index (χ0v) is 17.6. The summed E-state index contributed by atoms with van der Waals surface area (Å²) in [7, 11) is -3.12. The fourth-order valence-corrected chi connectivity index (χ4v) is 5.00. The number of nitrogens with one attached hydrogen (secondary N) is 1. The molecule has 168 valence electrons. The van der Waals surface area contributed by atoms with E-state index in [2.05, 4.69) is 4.98 Å². The van der Waals surface area contributed by atoms with E-state index >= 15 is 0 Å². The van der Waals surface area contributed by atoms with Gasteiger partial charge in [-0.15, -0.1) is 0 Å². The molecular weight excluding hydrogens is 433 g/mol. The van der Waals surface area contributed by atoms with E-state index in [1.165, 1.54) is 18.4 Å². The van der Waals surface area contributed by atoms with Crippen LogP contribution in [0.2, 0.25) is 0 Å². The van der Waals surface area contributed by atoms with Gasteiger partial charge in [0, 0.05) is 29.1 Å². The van der Waals surface area contributed by atoms with Crippen molar-refractivity contribution in [2.75, 3.05) is 18.7 Å². The van der Waals surface area contributed by atoms with E-state index in [0.29, 0.717) is 0 Å². The van der Waals surface area contributed by atoms with Crippen LogP contribution in [0.4, 0.5) is 13.2 Å². The Morgan fingerprint density at radius 3 is 2.23 bits per heavy atom. The first kappa shape index (κ1) is 23.2. The molecule has 6 nitrogen and oxygen atoms in total. The Balaban J connectivity index is 1.72. The lowest BCUT2D eigenvalue weighted by molar-refractivity contribution is -0.133. The number of hydrogen-bond acceptors (Lipinski definition) is 5. The third-order valence-corrected chi connectivity index (χ3v) is 6.43. The van der Waals surface area contributed by atoms with Crippen molar-refractivity contribution < 1.29 is 31.5 Å². The van der Waals surface area contributed by atoms with Gasteiger partial charge >= 0.3 is 6.43 Å². The van der Waals surface area contributed by atoms with Gasteiger partial charge in [0.15, 0.2) is 0 Å². The Morgan fingerprint density at radius 2 is 1.77 bits per heavy atom. The van der Waals surface area contributed by atoms with E-state index in [4.69, 9.17) is 0 Å². The molecule has 3 rings (SSSR count). The quantitative estimate of drug-likeness (QED) is 0.605. The molecule has 1 aliphatic carbocycles. The molecule has 0 unspecified atom stereocenters. The van der Waals surface area contributed by atoms with Gasteiger partial charge in [-0.25, -0.2) is 12.8 Å². The normalized spacial score (nSPS) is 17.2. The second kappa shape index (κ2) is 8.96. The van der Waals surface area contributed by atoms with Crippen molar-refractivity contribution >= 4 is 15.7 Å². The number of halogens is 3. The number of aliphatic hydroxyl groups is 1. The Morgan fingerprint density at radius 1 is 1.16 bits per heavy atom. The molecule has 1 aliphatic rings. The molecule has 0 radical (unpaired) electrons. The van der Waals surface area contributed by atoms with Crippen molar-refractivity contribution in [3.8, 4) is 11.1 Å². The van der Waals surface area contributed by atoms with Gasteiger partial charge in [-0.1, -0.05) is 30.3 Å². The Hall–Kier alpha value is -2.46. The molecule has 2 N–H and O–H groups in total. The largest absolute Gasteiger partial charge is 0.386 e. The molecule has 1 aromatic carbocycles. The molecule has 10 heteroatoms. The summed E-state index contributed by atoms with van der Waals surface area (Å²) in [6.07, 6.45) is -0.396. The maximum absolute atomic E-state index is 13.1. The number of carbonyl (C=O) groups excluding carboxylic acids is 1. The molecule has 1 amide bonds. The highest BCUT2D eigenvalue weighted by Gasteiger charge is 2.47. The van der Waals surface area contributed by atoms with Crippen molar-refractivity contribution in [3.63, 3.8) is 0 Å². The molecule has 2 atom stereocenters. The van der Waals surface area contributed by atoms with E-state index < -0.39 is 46.4 Å². The smallest absolute Gasteiger partial charge is 0.315 e. The van der Waals surface area contributed by atoms with Crippen molar-refractivity contribution in [3.05, 3.63) is 53.9 Å². The number of benzene rings is 1. The van der Waals surface area contributed by atoms with E-state index in [-0.39, 0.29) is 11.3 Å². The number of nitrogens with zero attached hydrogens (tertiary/aromatic N) is 1. The molecule has 0 saturated heterocycles. The Bertz CT molecular complexity index is 1020. The predicted molar refractivity (Wildman–Crippen MR) is 109 cm³/mol. The van der Waals surface area contributed by atoms with Crippen LogP contribution in [-0.2, 0) is 20.0 Å². The summed E-state index contributed by atoms with van der Waals surface area (Å²) in [5.41, 5.74) is 2.08. The van der Waals surface area contributed by atoms with Gasteiger partial charge in [0.05, 0.1) is 11.8 Å². The minimum atomic E-state index is -3.30. The van der Waals surface area contributed by atoms with Crippen LogP contribution >= 0.6 is 0 Å². The minimum absolute atomic E-state index is 0.0662. The summed E-state index contributed by atoms with van der Waals surface area (Å²) in [5, 5.41) is 12.0. The van der Waals surface area contributed by atoms with Gasteiger partial charge in [-0.3, -0.25) is 9.78 Å². The second-order valence-electron chi connectivity index (χ2n) is 7.92. The van der Waals surface area contributed by atoms with Crippen LogP contribution in [-0.4, -0.2) is 55.6 Å². The average Bonchev–Trinajstić information content (AvgIpc) is 3.50. The number of alkyl halides is 3. The maximum Gasteiger partial charge on any atom is 0.315 e. The summed E-state index contributed by atoms with van der Waals surface area (Å²) >= 11 is 0. The van der Waals surface area contributed by atoms with Gasteiger partial charge in [-0.2, -0.15) is 8.78 Å². The number of amides is 1. The van der Waals surface area contributed by atoms with Crippen LogP contribution in [0.15, 0.2) is 42.6 Å². The number of aliphatic hydroxyl groups excluding tert-OH is 1. The SMILES string of the molecule is CS(=O)(=O)CC1(c2ccc(-c3ccc([C@@H](O)[C@@H](CF)NC(=O)C(F)F)cc3)cn2)CC1. The predicted octanol–water partition coefficient (Wildman–Crippen LogP) is 2.58. The standard InChI is InChI=1S/C21H23F3N2O4S/c1-31(29,30)12-21(8-9-21)17-7-6-15(11-25-17)13-2-4-14(5-3-13)18(27)16(10-22)26-20(28)19(23)24/h2-7,11,16,18-19,27H,8-10,12H2,1H3,(H,26,28)/t16-,18-/m1/s1. The molecule has 1 aromatic heterocycles. The summed E-state index contributed by atoms with van der Waals surface area (Å²) in [6.45, 7) is -1.21. The summed E-state index contributed by atoms with van der Waals surface area (Å²) in [4.78, 5) is 15.5. The van der Waals surface area contributed by atoms with Gasteiger partial charge < -0.3 is 10.4 Å². The Kier molecular flexibility index (Phi) is 6.70. The molecule has 2 aromatic rings. The number of carbonyl (C=O) groups is 1. The second-order valence-corrected chi connectivity index (χ2v) is 10.1. The van der Waals surface area contributed by atoms with Crippen LogP contribution in [0.1, 0.15) is 30.2 Å². The first-order valence-corrected chi connectivity index (χ1v) is 11.7. The van der Waals surface area contributed by atoms with E-state index in [0.717, 1.165) is 29.7 Å². The summed E-state index contributed by atoms with van der Waals surface area (Å²) in [5.74, 6) is -1.58. The number of pyridine rings is 1. The highest BCUT2D eigenvalue weighted by molar-refractivity contribution is 7.90. The van der Waals surface area contributed by atoms with Crippen LogP contribution < -0.4 is 5.32 Å². The molecule has 1 saturated carbocycles. The topological polar surface area (TPSA) is 96.4 Å². The molecular formula is C21H23F3N2O4S. The molecule has 1 fully saturated rings. The number of hydrogen-bond donors (Lipinski definition) is 2. The van der Waals surface area contributed by atoms with Crippen molar-refractivity contribution in [1.29, 1.82) is 0 Å². The minimum Gasteiger partial charge on any atom is -0.386 e. The van der Waals surface area contributed by atoms with Crippen LogP contribution in [0, 0.1) is 0 Å². The van der Waals surface area contributed by atoms with Crippen molar-refractivity contribution in [2.24, 2.45) is 0 Å². The van der Waals surface area contributed by atoms with Crippen molar-refractivity contribution in [2.45, 2.75) is 36.8 Å². The summed E-state index contributed by atoms with van der Waals surface area (Å²) < 4.78 is 61.2. The van der Waals surface area contributed by atoms with E-state index in [1.54, 1.807) is 29.7 Å². The molecule has 31 heavy (non-hydrogen) atoms. The fourth-order valence-electron chi connectivity index (χ4n) is 3.56. The third-order valence-electron chi connectivity index (χ3n) is 5.36. The first-order valence-electron chi connectivity index (χ1n) is 9.62. The first-order chi connectivity index (χ1) is 14.5. The van der Waals surface area contributed by atoms with E-state index in [1.807, 2.05) is 6.07 Å². The Labute approximate surface area is 178 Å². The number of aromatic nitrogens is 1. The molecule has 0 bridgehead atoms. The highest BCUT2D eigenvalue weighted by atomic mass is 32.2. The molecule has 1 heterocycles.